The number of anilines is 1. The number of carbonyl (C=O) groups excluding carboxylic acids is 3. The molecular formula is C14H17N3O5. The van der Waals surface area contributed by atoms with Gasteiger partial charge in [0.2, 0.25) is 11.8 Å². The smallest absolute Gasteiger partial charge is 0.303 e. The molecule has 1 aromatic rings. The van der Waals surface area contributed by atoms with Crippen LogP contribution in [-0.2, 0) is 14.4 Å². The topological polar surface area (TPSA) is 139 Å². The predicted molar refractivity (Wildman–Crippen MR) is 78.1 cm³/mol. The standard InChI is InChI=1S/C14H17N3O5/c1-8(18)16-10-4-2-9(3-5-10)14(22)17-11(13(15)21)6-7-12(19)20/h2-5,11H,6-7H2,1H3,(H2,15,21)(H,16,18)(H,17,22)(H,19,20)/t11-/m1/s1. The molecule has 0 aliphatic carbocycles. The van der Waals surface area contributed by atoms with E-state index in [1.807, 2.05) is 0 Å². The molecule has 1 atom stereocenters. The quantitative estimate of drug-likeness (QED) is 0.565. The fourth-order valence-corrected chi connectivity index (χ4v) is 1.70. The first-order chi connectivity index (χ1) is 10.3. The van der Waals surface area contributed by atoms with Gasteiger partial charge in [0.1, 0.15) is 6.04 Å². The highest BCUT2D eigenvalue weighted by Gasteiger charge is 2.19. The highest BCUT2D eigenvalue weighted by Crippen LogP contribution is 2.10. The molecule has 0 saturated heterocycles. The van der Waals surface area contributed by atoms with Crippen molar-refractivity contribution in [3.8, 4) is 0 Å². The summed E-state index contributed by atoms with van der Waals surface area (Å²) in [6.07, 6.45) is -0.365. The van der Waals surface area contributed by atoms with Crippen molar-refractivity contribution in [2.45, 2.75) is 25.8 Å². The maximum atomic E-state index is 12.0. The molecule has 3 amide bonds. The van der Waals surface area contributed by atoms with Crippen molar-refractivity contribution in [3.63, 3.8) is 0 Å². The minimum absolute atomic E-state index is 0.0830. The largest absolute Gasteiger partial charge is 0.481 e. The summed E-state index contributed by atoms with van der Waals surface area (Å²) in [7, 11) is 0. The maximum Gasteiger partial charge on any atom is 0.303 e. The Morgan fingerprint density at radius 1 is 1.18 bits per heavy atom. The molecule has 0 heterocycles. The number of carboxylic acids is 1. The van der Waals surface area contributed by atoms with Gasteiger partial charge in [-0.25, -0.2) is 0 Å². The van der Waals surface area contributed by atoms with Crippen molar-refractivity contribution >= 4 is 29.4 Å². The molecule has 8 nitrogen and oxygen atoms in total. The van der Waals surface area contributed by atoms with Crippen LogP contribution >= 0.6 is 0 Å². The van der Waals surface area contributed by atoms with E-state index in [4.69, 9.17) is 10.8 Å². The minimum Gasteiger partial charge on any atom is -0.481 e. The SMILES string of the molecule is CC(=O)Nc1ccc(C(=O)N[C@H](CCC(=O)O)C(N)=O)cc1. The summed E-state index contributed by atoms with van der Waals surface area (Å²) in [4.78, 5) is 44.6. The van der Waals surface area contributed by atoms with Crippen LogP contribution in [0.25, 0.3) is 0 Å². The number of amides is 3. The zero-order chi connectivity index (χ0) is 16.7. The Balaban J connectivity index is 2.71. The molecule has 8 heteroatoms. The summed E-state index contributed by atoms with van der Waals surface area (Å²) in [5, 5.41) is 13.5. The van der Waals surface area contributed by atoms with Gasteiger partial charge in [-0.05, 0) is 30.7 Å². The molecule has 1 rings (SSSR count). The van der Waals surface area contributed by atoms with E-state index in [1.54, 1.807) is 0 Å². The van der Waals surface area contributed by atoms with Gasteiger partial charge in [-0.15, -0.1) is 0 Å². The van der Waals surface area contributed by atoms with Crippen molar-refractivity contribution in [2.75, 3.05) is 5.32 Å². The third kappa shape index (κ3) is 5.61. The van der Waals surface area contributed by atoms with E-state index < -0.39 is 23.8 Å². The third-order valence-electron chi connectivity index (χ3n) is 2.76. The van der Waals surface area contributed by atoms with Crippen molar-refractivity contribution < 1.29 is 24.3 Å². The summed E-state index contributed by atoms with van der Waals surface area (Å²) in [5.74, 6) is -2.67. The van der Waals surface area contributed by atoms with Gasteiger partial charge < -0.3 is 21.5 Å². The fraction of sp³-hybridized carbons (Fsp3) is 0.286. The first-order valence-electron chi connectivity index (χ1n) is 6.49. The molecule has 0 bridgehead atoms. The van der Waals surface area contributed by atoms with E-state index >= 15 is 0 Å². The van der Waals surface area contributed by atoms with Crippen LogP contribution in [0, 0.1) is 0 Å². The van der Waals surface area contributed by atoms with E-state index in [1.165, 1.54) is 31.2 Å². The lowest BCUT2D eigenvalue weighted by Gasteiger charge is -2.14. The second-order valence-electron chi connectivity index (χ2n) is 4.62. The lowest BCUT2D eigenvalue weighted by molar-refractivity contribution is -0.137. The number of carbonyl (C=O) groups is 4. The van der Waals surface area contributed by atoms with Gasteiger partial charge in [0.05, 0.1) is 0 Å². The molecule has 0 unspecified atom stereocenters. The number of hydrogen-bond donors (Lipinski definition) is 4. The van der Waals surface area contributed by atoms with Crippen molar-refractivity contribution in [2.24, 2.45) is 5.73 Å². The number of primary amides is 1. The van der Waals surface area contributed by atoms with Crippen molar-refractivity contribution in [3.05, 3.63) is 29.8 Å². The van der Waals surface area contributed by atoms with Crippen LogP contribution in [-0.4, -0.2) is 34.8 Å². The third-order valence-corrected chi connectivity index (χ3v) is 2.76. The van der Waals surface area contributed by atoms with E-state index in [0.717, 1.165) is 0 Å². The summed E-state index contributed by atoms with van der Waals surface area (Å²) < 4.78 is 0. The molecule has 0 aromatic heterocycles. The van der Waals surface area contributed by atoms with E-state index in [-0.39, 0.29) is 24.3 Å². The van der Waals surface area contributed by atoms with Gasteiger partial charge in [0.25, 0.3) is 5.91 Å². The monoisotopic (exact) mass is 307 g/mol. The van der Waals surface area contributed by atoms with Crippen LogP contribution in [0.3, 0.4) is 0 Å². The van der Waals surface area contributed by atoms with Crippen LogP contribution in [0.15, 0.2) is 24.3 Å². The molecule has 0 aliphatic rings. The Labute approximate surface area is 126 Å². The van der Waals surface area contributed by atoms with Gasteiger partial charge in [-0.3, -0.25) is 19.2 Å². The van der Waals surface area contributed by atoms with Gasteiger partial charge in [-0.1, -0.05) is 0 Å². The van der Waals surface area contributed by atoms with Crippen LogP contribution in [0.5, 0.6) is 0 Å². The summed E-state index contributed by atoms with van der Waals surface area (Å²) in [5.41, 5.74) is 5.92. The van der Waals surface area contributed by atoms with E-state index in [0.29, 0.717) is 5.69 Å². The second kappa shape index (κ2) is 7.77. The average molecular weight is 307 g/mol. The Kier molecular flexibility index (Phi) is 6.06. The Morgan fingerprint density at radius 3 is 2.23 bits per heavy atom. The van der Waals surface area contributed by atoms with Gasteiger partial charge in [0, 0.05) is 24.6 Å². The first kappa shape index (κ1) is 17.2. The number of hydrogen-bond acceptors (Lipinski definition) is 4. The summed E-state index contributed by atoms with van der Waals surface area (Å²) in [6, 6.07) is 4.95. The number of carboxylic acid groups (broad SMARTS) is 1. The maximum absolute atomic E-state index is 12.0. The molecule has 0 fully saturated rings. The Bertz CT molecular complexity index is 583. The zero-order valence-electron chi connectivity index (χ0n) is 12.0. The molecular weight excluding hydrogens is 290 g/mol. The molecule has 22 heavy (non-hydrogen) atoms. The normalized spacial score (nSPS) is 11.3. The number of rotatable bonds is 7. The highest BCUT2D eigenvalue weighted by atomic mass is 16.4. The molecule has 1 aromatic carbocycles. The molecule has 0 spiro atoms. The summed E-state index contributed by atoms with van der Waals surface area (Å²) >= 11 is 0. The van der Waals surface area contributed by atoms with Crippen LogP contribution in [0.2, 0.25) is 0 Å². The van der Waals surface area contributed by atoms with E-state index in [9.17, 15) is 19.2 Å². The van der Waals surface area contributed by atoms with Crippen LogP contribution in [0.1, 0.15) is 30.1 Å². The predicted octanol–water partition coefficient (Wildman–Crippen LogP) is 0.0935. The van der Waals surface area contributed by atoms with E-state index in [2.05, 4.69) is 10.6 Å². The lowest BCUT2D eigenvalue weighted by Crippen LogP contribution is -2.44. The number of aliphatic carboxylic acids is 1. The molecule has 5 N–H and O–H groups in total. The minimum atomic E-state index is -1.08. The average Bonchev–Trinajstić information content (AvgIpc) is 2.42. The van der Waals surface area contributed by atoms with Gasteiger partial charge in [-0.2, -0.15) is 0 Å². The van der Waals surface area contributed by atoms with Crippen LogP contribution < -0.4 is 16.4 Å². The fourth-order valence-electron chi connectivity index (χ4n) is 1.70. The summed E-state index contributed by atoms with van der Waals surface area (Å²) in [6.45, 7) is 1.36. The number of nitrogens with two attached hydrogens (primary N) is 1. The molecule has 0 aliphatic heterocycles. The van der Waals surface area contributed by atoms with Gasteiger partial charge >= 0.3 is 5.97 Å². The Morgan fingerprint density at radius 2 is 1.77 bits per heavy atom. The molecule has 0 saturated carbocycles. The second-order valence-corrected chi connectivity index (χ2v) is 4.62. The Hall–Kier alpha value is -2.90. The first-order valence-corrected chi connectivity index (χ1v) is 6.49. The lowest BCUT2D eigenvalue weighted by atomic mass is 10.1. The van der Waals surface area contributed by atoms with Crippen molar-refractivity contribution in [1.29, 1.82) is 0 Å². The van der Waals surface area contributed by atoms with Crippen molar-refractivity contribution in [1.82, 2.24) is 5.32 Å². The van der Waals surface area contributed by atoms with Gasteiger partial charge in [0.15, 0.2) is 0 Å². The molecule has 0 radical (unpaired) electrons. The van der Waals surface area contributed by atoms with Crippen LogP contribution in [0.4, 0.5) is 5.69 Å². The highest BCUT2D eigenvalue weighted by molar-refractivity contribution is 5.98. The number of benzene rings is 1. The molecule has 118 valence electrons. The number of nitrogens with one attached hydrogen (secondary N) is 2. The zero-order valence-corrected chi connectivity index (χ0v) is 12.0.